The summed E-state index contributed by atoms with van der Waals surface area (Å²) in [6.45, 7) is 4.86. The predicted molar refractivity (Wildman–Crippen MR) is 64.2 cm³/mol. The zero-order valence-electron chi connectivity index (χ0n) is 10.7. The minimum atomic E-state index is -0.869. The summed E-state index contributed by atoms with van der Waals surface area (Å²) in [5.41, 5.74) is 0. The van der Waals surface area contributed by atoms with E-state index in [1.165, 1.54) is 0 Å². The lowest BCUT2D eigenvalue weighted by Crippen LogP contribution is -2.41. The number of hydrogen-bond donors (Lipinski definition) is 2. The fraction of sp³-hybridized carbons (Fsp3) is 0.636. The summed E-state index contributed by atoms with van der Waals surface area (Å²) in [7, 11) is 0. The summed E-state index contributed by atoms with van der Waals surface area (Å²) in [5.74, 6) is -1.78. The quantitative estimate of drug-likeness (QED) is 0.469. The lowest BCUT2D eigenvalue weighted by molar-refractivity contribution is -0.139. The largest absolute Gasteiger partial charge is 0.347 e. The van der Waals surface area contributed by atoms with Gasteiger partial charge in [-0.1, -0.05) is 0 Å². The molecule has 7 nitrogen and oxygen atoms in total. The maximum absolute atomic E-state index is 11.6. The van der Waals surface area contributed by atoms with E-state index in [1.807, 2.05) is 13.8 Å². The van der Waals surface area contributed by atoms with Crippen molar-refractivity contribution in [2.75, 3.05) is 26.2 Å². The van der Waals surface area contributed by atoms with Crippen molar-refractivity contribution in [2.24, 2.45) is 0 Å². The van der Waals surface area contributed by atoms with Gasteiger partial charge in [0.2, 0.25) is 5.91 Å². The summed E-state index contributed by atoms with van der Waals surface area (Å²) in [6, 6.07) is 1.69. The molecule has 0 aromatic heterocycles. The average Bonchev–Trinajstić information content (AvgIpc) is 2.37. The van der Waals surface area contributed by atoms with Crippen molar-refractivity contribution < 1.29 is 14.4 Å². The number of nitriles is 1. The Morgan fingerprint density at radius 2 is 1.67 bits per heavy atom. The molecule has 0 atom stereocenters. The molecule has 0 unspecified atom stereocenters. The number of amides is 3. The first kappa shape index (κ1) is 15.9. The van der Waals surface area contributed by atoms with Crippen LogP contribution in [-0.2, 0) is 14.4 Å². The Balaban J connectivity index is 3.91. The van der Waals surface area contributed by atoms with Crippen LogP contribution in [-0.4, -0.2) is 48.8 Å². The number of carbonyl (C=O) groups excluding carboxylic acids is 3. The lowest BCUT2D eigenvalue weighted by atomic mass is 10.3. The molecule has 0 bridgehead atoms. The second kappa shape index (κ2) is 8.98. The maximum Gasteiger partial charge on any atom is 0.310 e. The molecule has 0 radical (unpaired) electrons. The fourth-order valence-corrected chi connectivity index (χ4v) is 1.30. The third kappa shape index (κ3) is 5.84. The lowest BCUT2D eigenvalue weighted by Gasteiger charge is -2.18. The summed E-state index contributed by atoms with van der Waals surface area (Å²) in [4.78, 5) is 35.4. The van der Waals surface area contributed by atoms with E-state index in [0.29, 0.717) is 13.1 Å². The highest BCUT2D eigenvalue weighted by Gasteiger charge is 2.14. The van der Waals surface area contributed by atoms with Crippen LogP contribution in [0.15, 0.2) is 0 Å². The van der Waals surface area contributed by atoms with Crippen molar-refractivity contribution in [3.05, 3.63) is 0 Å². The Hall–Kier alpha value is -2.10. The van der Waals surface area contributed by atoms with E-state index < -0.39 is 11.8 Å². The molecular weight excluding hydrogens is 236 g/mol. The minimum Gasteiger partial charge on any atom is -0.347 e. The summed E-state index contributed by atoms with van der Waals surface area (Å²) in [6.07, 6.45) is 0.152. The Morgan fingerprint density at radius 1 is 1.11 bits per heavy atom. The van der Waals surface area contributed by atoms with E-state index in [2.05, 4.69) is 10.6 Å². The van der Waals surface area contributed by atoms with Gasteiger partial charge >= 0.3 is 11.8 Å². The van der Waals surface area contributed by atoms with Gasteiger partial charge in [-0.3, -0.25) is 14.4 Å². The zero-order chi connectivity index (χ0) is 14.0. The Bertz CT molecular complexity index is 345. The van der Waals surface area contributed by atoms with Crippen molar-refractivity contribution >= 4 is 17.7 Å². The second-order valence-electron chi connectivity index (χ2n) is 3.41. The highest BCUT2D eigenvalue weighted by Crippen LogP contribution is 1.92. The van der Waals surface area contributed by atoms with Gasteiger partial charge < -0.3 is 15.5 Å². The molecular formula is C11H18N4O3. The number of hydrogen-bond acceptors (Lipinski definition) is 4. The molecule has 0 fully saturated rings. The van der Waals surface area contributed by atoms with Crippen LogP contribution >= 0.6 is 0 Å². The Morgan fingerprint density at radius 3 is 2.17 bits per heavy atom. The van der Waals surface area contributed by atoms with Crippen LogP contribution in [0.4, 0.5) is 0 Å². The van der Waals surface area contributed by atoms with Crippen LogP contribution in [0.1, 0.15) is 20.3 Å². The molecule has 0 saturated heterocycles. The molecule has 0 aliphatic heterocycles. The van der Waals surface area contributed by atoms with Crippen molar-refractivity contribution in [3.63, 3.8) is 0 Å². The van der Waals surface area contributed by atoms with Crippen molar-refractivity contribution in [2.45, 2.75) is 20.3 Å². The molecule has 0 rings (SSSR count). The normalized spacial score (nSPS) is 9.17. The van der Waals surface area contributed by atoms with Crippen LogP contribution in [0.2, 0.25) is 0 Å². The summed E-state index contributed by atoms with van der Waals surface area (Å²) in [5, 5.41) is 12.6. The van der Waals surface area contributed by atoms with Crippen molar-refractivity contribution in [1.82, 2.24) is 15.5 Å². The molecule has 0 heterocycles. The number of rotatable bonds is 6. The van der Waals surface area contributed by atoms with Gasteiger partial charge in [-0.2, -0.15) is 5.26 Å². The van der Waals surface area contributed by atoms with E-state index in [0.717, 1.165) is 0 Å². The smallest absolute Gasteiger partial charge is 0.310 e. The van der Waals surface area contributed by atoms with Crippen LogP contribution in [0.25, 0.3) is 0 Å². The standard InChI is InChI=1S/C11H18N4O3/c1-3-15(4-2)9(16)5-7-13-10(17)11(18)14-8-6-12/h3-5,7-8H2,1-2H3,(H,13,17)(H,14,18). The van der Waals surface area contributed by atoms with Gasteiger partial charge in [-0.15, -0.1) is 0 Å². The first-order chi connectivity index (χ1) is 8.56. The van der Waals surface area contributed by atoms with E-state index in [1.54, 1.807) is 11.0 Å². The van der Waals surface area contributed by atoms with Gasteiger partial charge in [0.05, 0.1) is 6.07 Å². The molecule has 0 spiro atoms. The van der Waals surface area contributed by atoms with Crippen LogP contribution in [0, 0.1) is 11.3 Å². The van der Waals surface area contributed by atoms with Crippen LogP contribution < -0.4 is 10.6 Å². The van der Waals surface area contributed by atoms with Gasteiger partial charge in [0.1, 0.15) is 6.54 Å². The molecule has 0 aliphatic rings. The van der Waals surface area contributed by atoms with Crippen LogP contribution in [0.5, 0.6) is 0 Å². The van der Waals surface area contributed by atoms with Gasteiger partial charge in [-0.25, -0.2) is 0 Å². The first-order valence-corrected chi connectivity index (χ1v) is 5.77. The maximum atomic E-state index is 11.6. The molecule has 0 aliphatic carbocycles. The zero-order valence-corrected chi connectivity index (χ0v) is 10.7. The molecule has 7 heteroatoms. The monoisotopic (exact) mass is 254 g/mol. The van der Waals surface area contributed by atoms with Gasteiger partial charge in [-0.05, 0) is 13.8 Å². The molecule has 100 valence electrons. The highest BCUT2D eigenvalue weighted by molar-refractivity contribution is 6.35. The third-order valence-corrected chi connectivity index (χ3v) is 2.27. The predicted octanol–water partition coefficient (Wildman–Crippen LogP) is -0.999. The van der Waals surface area contributed by atoms with E-state index in [9.17, 15) is 14.4 Å². The Labute approximate surface area is 106 Å². The van der Waals surface area contributed by atoms with Crippen LogP contribution in [0.3, 0.4) is 0 Å². The average molecular weight is 254 g/mol. The van der Waals surface area contributed by atoms with Gasteiger partial charge in [0.15, 0.2) is 0 Å². The van der Waals surface area contributed by atoms with E-state index in [4.69, 9.17) is 5.26 Å². The van der Waals surface area contributed by atoms with Gasteiger partial charge in [0.25, 0.3) is 0 Å². The van der Waals surface area contributed by atoms with Crippen molar-refractivity contribution in [3.8, 4) is 6.07 Å². The topological polar surface area (TPSA) is 102 Å². The molecule has 2 N–H and O–H groups in total. The number of nitrogens with one attached hydrogen (secondary N) is 2. The van der Waals surface area contributed by atoms with E-state index in [-0.39, 0.29) is 25.4 Å². The third-order valence-electron chi connectivity index (χ3n) is 2.27. The molecule has 18 heavy (non-hydrogen) atoms. The molecule has 3 amide bonds. The SMILES string of the molecule is CCN(CC)C(=O)CCNC(=O)C(=O)NCC#N. The fourth-order valence-electron chi connectivity index (χ4n) is 1.30. The van der Waals surface area contributed by atoms with Gasteiger partial charge in [0, 0.05) is 26.1 Å². The number of carbonyl (C=O) groups is 3. The number of nitrogens with zero attached hydrogens (tertiary/aromatic N) is 2. The second-order valence-corrected chi connectivity index (χ2v) is 3.41. The highest BCUT2D eigenvalue weighted by atomic mass is 16.2. The molecule has 0 aromatic rings. The molecule has 0 saturated carbocycles. The first-order valence-electron chi connectivity index (χ1n) is 5.77. The summed E-state index contributed by atoms with van der Waals surface area (Å²) < 4.78 is 0. The Kier molecular flexibility index (Phi) is 7.94. The minimum absolute atomic E-state index is 0.0715. The van der Waals surface area contributed by atoms with Crippen molar-refractivity contribution in [1.29, 1.82) is 5.26 Å². The summed E-state index contributed by atoms with van der Waals surface area (Å²) >= 11 is 0. The van der Waals surface area contributed by atoms with E-state index >= 15 is 0 Å². The molecule has 0 aromatic carbocycles.